The van der Waals surface area contributed by atoms with Crippen molar-refractivity contribution in [2.24, 2.45) is 0 Å². The molecule has 0 amide bonds. The predicted octanol–water partition coefficient (Wildman–Crippen LogP) is 0.347. The summed E-state index contributed by atoms with van der Waals surface area (Å²) in [4.78, 5) is 0. The first-order valence-corrected chi connectivity index (χ1v) is 2.44. The molecule has 0 aromatic carbocycles. The summed E-state index contributed by atoms with van der Waals surface area (Å²) >= 11 is 0. The van der Waals surface area contributed by atoms with Crippen LogP contribution in [0.25, 0.3) is 0 Å². The molecule has 0 saturated heterocycles. The van der Waals surface area contributed by atoms with E-state index in [1.54, 1.807) is 7.05 Å². The Hall–Kier alpha value is -0.840. The van der Waals surface area contributed by atoms with E-state index in [9.17, 15) is 8.78 Å². The van der Waals surface area contributed by atoms with Crippen LogP contribution in [-0.4, -0.2) is 23.6 Å². The van der Waals surface area contributed by atoms with Gasteiger partial charge in [-0.3, -0.25) is 5.01 Å². The predicted molar refractivity (Wildman–Crippen MR) is 27.9 cm³/mol. The minimum atomic E-state index is -2.48. The van der Waals surface area contributed by atoms with E-state index in [1.807, 2.05) is 0 Å². The quantitative estimate of drug-likeness (QED) is 0.523. The molecule has 0 atom stereocenters. The molecule has 1 rings (SSSR count). The summed E-state index contributed by atoms with van der Waals surface area (Å²) in [6.07, 6.45) is 2.77. The molecule has 1 N–H and O–H groups in total. The molecule has 0 spiro atoms. The first-order valence-electron chi connectivity index (χ1n) is 2.44. The standard InChI is InChI=1S/C4H7F2N3/c1-8-2-3-9(7-8)4(5)6/h2-4,7H,1H3. The Kier molecular flexibility index (Phi) is 1.52. The molecular weight excluding hydrogens is 128 g/mol. The van der Waals surface area contributed by atoms with Gasteiger partial charge in [0.25, 0.3) is 0 Å². The molecule has 0 unspecified atom stereocenters. The van der Waals surface area contributed by atoms with Crippen LogP contribution in [0.15, 0.2) is 12.4 Å². The van der Waals surface area contributed by atoms with Crippen LogP contribution in [0.2, 0.25) is 0 Å². The average molecular weight is 135 g/mol. The van der Waals surface area contributed by atoms with Crippen molar-refractivity contribution in [3.05, 3.63) is 12.4 Å². The molecule has 0 aromatic heterocycles. The summed E-state index contributed by atoms with van der Waals surface area (Å²) in [7, 11) is 1.64. The number of nitrogens with one attached hydrogen (secondary N) is 1. The molecule has 0 fully saturated rings. The van der Waals surface area contributed by atoms with E-state index < -0.39 is 6.55 Å². The Balaban J connectivity index is 2.41. The molecule has 1 aliphatic rings. The van der Waals surface area contributed by atoms with Crippen molar-refractivity contribution in [1.29, 1.82) is 0 Å². The number of rotatable bonds is 1. The first kappa shape index (κ1) is 6.28. The fourth-order valence-corrected chi connectivity index (χ4v) is 0.529. The van der Waals surface area contributed by atoms with Crippen LogP contribution in [0.5, 0.6) is 0 Å². The summed E-state index contributed by atoms with van der Waals surface area (Å²) in [6, 6.07) is 0. The minimum Gasteiger partial charge on any atom is -0.299 e. The monoisotopic (exact) mass is 135 g/mol. The third-order valence-electron chi connectivity index (χ3n) is 0.934. The highest BCUT2D eigenvalue weighted by molar-refractivity contribution is 4.83. The van der Waals surface area contributed by atoms with E-state index in [1.165, 1.54) is 17.4 Å². The Labute approximate surface area is 51.5 Å². The van der Waals surface area contributed by atoms with Gasteiger partial charge in [0.05, 0.1) is 0 Å². The number of hydrogen-bond acceptors (Lipinski definition) is 3. The number of alkyl halides is 2. The zero-order valence-electron chi connectivity index (χ0n) is 4.88. The molecule has 0 aliphatic carbocycles. The van der Waals surface area contributed by atoms with Gasteiger partial charge in [-0.15, -0.1) is 5.53 Å². The molecular formula is C4H7F2N3. The number of nitrogens with zero attached hydrogens (tertiary/aromatic N) is 2. The van der Waals surface area contributed by atoms with Crippen molar-refractivity contribution in [2.45, 2.75) is 6.55 Å². The molecule has 0 bridgehead atoms. The normalized spacial score (nSPS) is 18.2. The minimum absolute atomic E-state index is 0.708. The maximum Gasteiger partial charge on any atom is 0.329 e. The van der Waals surface area contributed by atoms with Gasteiger partial charge in [0.1, 0.15) is 0 Å². The van der Waals surface area contributed by atoms with Crippen LogP contribution in [0.3, 0.4) is 0 Å². The fourth-order valence-electron chi connectivity index (χ4n) is 0.529. The van der Waals surface area contributed by atoms with E-state index in [2.05, 4.69) is 5.53 Å². The second kappa shape index (κ2) is 2.18. The van der Waals surface area contributed by atoms with Crippen LogP contribution >= 0.6 is 0 Å². The van der Waals surface area contributed by atoms with Gasteiger partial charge in [0.2, 0.25) is 0 Å². The summed E-state index contributed by atoms with van der Waals surface area (Å²) in [5.74, 6) is 0. The average Bonchev–Trinajstić information content (AvgIpc) is 2.14. The van der Waals surface area contributed by atoms with Crippen molar-refractivity contribution in [3.63, 3.8) is 0 Å². The lowest BCUT2D eigenvalue weighted by Crippen LogP contribution is -2.39. The van der Waals surface area contributed by atoms with Gasteiger partial charge in [0, 0.05) is 19.4 Å². The molecule has 3 nitrogen and oxygen atoms in total. The van der Waals surface area contributed by atoms with Crippen LogP contribution in [0.1, 0.15) is 0 Å². The van der Waals surface area contributed by atoms with Crippen molar-refractivity contribution in [1.82, 2.24) is 15.6 Å². The highest BCUT2D eigenvalue weighted by Crippen LogP contribution is 2.04. The third kappa shape index (κ3) is 1.29. The smallest absolute Gasteiger partial charge is 0.299 e. The molecule has 0 saturated carbocycles. The van der Waals surface area contributed by atoms with E-state index in [0.29, 0.717) is 5.01 Å². The van der Waals surface area contributed by atoms with Crippen molar-refractivity contribution < 1.29 is 8.78 Å². The Morgan fingerprint density at radius 3 is 2.33 bits per heavy atom. The molecule has 9 heavy (non-hydrogen) atoms. The second-order valence-electron chi connectivity index (χ2n) is 1.69. The van der Waals surface area contributed by atoms with Gasteiger partial charge < -0.3 is 0 Å². The topological polar surface area (TPSA) is 18.5 Å². The van der Waals surface area contributed by atoms with Crippen LogP contribution in [-0.2, 0) is 0 Å². The van der Waals surface area contributed by atoms with Gasteiger partial charge in [-0.25, -0.2) is 5.01 Å². The molecule has 1 aliphatic heterocycles. The Morgan fingerprint density at radius 1 is 1.44 bits per heavy atom. The van der Waals surface area contributed by atoms with Gasteiger partial charge in [0.15, 0.2) is 0 Å². The number of hydrogen-bond donors (Lipinski definition) is 1. The van der Waals surface area contributed by atoms with Gasteiger partial charge in [-0.05, 0) is 0 Å². The van der Waals surface area contributed by atoms with Gasteiger partial charge in [-0.1, -0.05) is 0 Å². The second-order valence-corrected chi connectivity index (χ2v) is 1.69. The van der Waals surface area contributed by atoms with Crippen molar-refractivity contribution in [2.75, 3.05) is 7.05 Å². The summed E-state index contributed by atoms with van der Waals surface area (Å²) in [6.45, 7) is -2.48. The lowest BCUT2D eigenvalue weighted by molar-refractivity contribution is -0.0479. The van der Waals surface area contributed by atoms with E-state index in [4.69, 9.17) is 0 Å². The van der Waals surface area contributed by atoms with E-state index >= 15 is 0 Å². The molecule has 0 radical (unpaired) electrons. The van der Waals surface area contributed by atoms with Gasteiger partial charge >= 0.3 is 6.55 Å². The lowest BCUT2D eigenvalue weighted by atomic mass is 10.8. The maximum atomic E-state index is 11.7. The number of halogens is 2. The van der Waals surface area contributed by atoms with Crippen LogP contribution < -0.4 is 5.53 Å². The number of hydrazine groups is 2. The fraction of sp³-hybridized carbons (Fsp3) is 0.500. The summed E-state index contributed by atoms with van der Waals surface area (Å²) < 4.78 is 23.4. The van der Waals surface area contributed by atoms with Crippen LogP contribution in [0.4, 0.5) is 8.78 Å². The zero-order chi connectivity index (χ0) is 6.85. The molecule has 5 heteroatoms. The zero-order valence-corrected chi connectivity index (χ0v) is 4.88. The largest absolute Gasteiger partial charge is 0.329 e. The van der Waals surface area contributed by atoms with Crippen LogP contribution in [0, 0.1) is 0 Å². The highest BCUT2D eigenvalue weighted by atomic mass is 19.3. The summed E-state index contributed by atoms with van der Waals surface area (Å²) in [5.41, 5.74) is 2.36. The maximum absolute atomic E-state index is 11.7. The lowest BCUT2D eigenvalue weighted by Gasteiger charge is -2.17. The first-order chi connectivity index (χ1) is 4.20. The molecule has 52 valence electrons. The van der Waals surface area contributed by atoms with E-state index in [0.717, 1.165) is 0 Å². The molecule has 0 aromatic rings. The Bertz CT molecular complexity index is 125. The highest BCUT2D eigenvalue weighted by Gasteiger charge is 2.15. The SMILES string of the molecule is CN1C=CN(C(F)F)N1. The Morgan fingerprint density at radius 2 is 2.11 bits per heavy atom. The van der Waals surface area contributed by atoms with Gasteiger partial charge in [-0.2, -0.15) is 8.78 Å². The van der Waals surface area contributed by atoms with E-state index in [-0.39, 0.29) is 0 Å². The van der Waals surface area contributed by atoms with Crippen molar-refractivity contribution >= 4 is 0 Å². The summed E-state index contributed by atoms with van der Waals surface area (Å²) in [5, 5.41) is 2.15. The third-order valence-corrected chi connectivity index (χ3v) is 0.934. The molecule has 1 heterocycles. The van der Waals surface area contributed by atoms with Crippen molar-refractivity contribution in [3.8, 4) is 0 Å².